The summed E-state index contributed by atoms with van der Waals surface area (Å²) in [5.41, 5.74) is 5.68. The number of hydrogen-bond donors (Lipinski definition) is 1. The Labute approximate surface area is 165 Å². The highest BCUT2D eigenvalue weighted by molar-refractivity contribution is 6.09. The van der Waals surface area contributed by atoms with Crippen molar-refractivity contribution in [2.45, 2.75) is 27.7 Å². The summed E-state index contributed by atoms with van der Waals surface area (Å²) in [7, 11) is 0. The number of rotatable bonds is 4. The number of nitrogens with zero attached hydrogens (tertiary/aromatic N) is 3. The van der Waals surface area contributed by atoms with Gasteiger partial charge in [-0.15, -0.1) is 0 Å². The first-order chi connectivity index (χ1) is 13.4. The van der Waals surface area contributed by atoms with Crippen LogP contribution in [0.1, 0.15) is 28.1 Å². The van der Waals surface area contributed by atoms with Crippen LogP contribution in [0.15, 0.2) is 54.2 Å². The zero-order chi connectivity index (χ0) is 20.3. The van der Waals surface area contributed by atoms with E-state index in [1.54, 1.807) is 12.3 Å². The van der Waals surface area contributed by atoms with Gasteiger partial charge in [0.05, 0.1) is 0 Å². The zero-order valence-corrected chi connectivity index (χ0v) is 16.4. The Balaban J connectivity index is 1.91. The molecule has 0 fully saturated rings. The molecule has 1 amide bonds. The lowest BCUT2D eigenvalue weighted by Gasteiger charge is -2.08. The highest BCUT2D eigenvalue weighted by Gasteiger charge is 2.14. The van der Waals surface area contributed by atoms with Crippen molar-refractivity contribution >= 4 is 17.7 Å². The molecular formula is C23H22N4O. The molecule has 0 aliphatic carbocycles. The first-order valence-electron chi connectivity index (χ1n) is 9.01. The number of benzene rings is 1. The molecule has 140 valence electrons. The Bertz CT molecular complexity index is 1100. The van der Waals surface area contributed by atoms with Crippen LogP contribution in [0.3, 0.4) is 0 Å². The molecule has 2 aromatic heterocycles. The van der Waals surface area contributed by atoms with Crippen molar-refractivity contribution in [2.75, 3.05) is 5.32 Å². The first kappa shape index (κ1) is 19.1. The summed E-state index contributed by atoms with van der Waals surface area (Å²) in [4.78, 5) is 17.0. The van der Waals surface area contributed by atoms with Gasteiger partial charge in [-0.3, -0.25) is 4.79 Å². The van der Waals surface area contributed by atoms with Gasteiger partial charge in [-0.25, -0.2) is 4.98 Å². The van der Waals surface area contributed by atoms with Gasteiger partial charge >= 0.3 is 0 Å². The maximum absolute atomic E-state index is 12.6. The second-order valence-electron chi connectivity index (χ2n) is 6.77. The van der Waals surface area contributed by atoms with Gasteiger partial charge in [-0.1, -0.05) is 12.1 Å². The number of carbonyl (C=O) groups excluding carboxylic acids is 1. The maximum Gasteiger partial charge on any atom is 0.266 e. The summed E-state index contributed by atoms with van der Waals surface area (Å²) in [5, 5.41) is 12.3. The Morgan fingerprint density at radius 2 is 1.89 bits per heavy atom. The summed E-state index contributed by atoms with van der Waals surface area (Å²) < 4.78 is 2.00. The lowest BCUT2D eigenvalue weighted by atomic mass is 10.1. The number of carbonyl (C=O) groups is 1. The molecule has 1 aromatic carbocycles. The molecule has 0 bridgehead atoms. The third-order valence-electron chi connectivity index (χ3n) is 4.78. The minimum Gasteiger partial charge on any atom is -0.321 e. The van der Waals surface area contributed by atoms with E-state index in [2.05, 4.69) is 10.3 Å². The van der Waals surface area contributed by atoms with Gasteiger partial charge in [-0.2, -0.15) is 5.26 Å². The molecule has 5 heteroatoms. The van der Waals surface area contributed by atoms with Crippen LogP contribution in [-0.4, -0.2) is 15.5 Å². The number of nitriles is 1. The summed E-state index contributed by atoms with van der Waals surface area (Å²) in [6.07, 6.45) is 3.36. The average molecular weight is 370 g/mol. The second-order valence-corrected chi connectivity index (χ2v) is 6.77. The Morgan fingerprint density at radius 1 is 1.11 bits per heavy atom. The molecule has 0 radical (unpaired) electrons. The van der Waals surface area contributed by atoms with Crippen LogP contribution < -0.4 is 5.32 Å². The standard InChI is InChI=1S/C23H22N4O/c1-15-8-9-21(11-16(15)2)26-23(28)20(14-24)13-19-12-17(3)27(18(19)4)22-7-5-6-10-25-22/h5-13H,1-4H3,(H,26,28)/b20-13-. The van der Waals surface area contributed by atoms with Gasteiger partial charge in [0.2, 0.25) is 0 Å². The van der Waals surface area contributed by atoms with E-state index in [0.717, 1.165) is 33.9 Å². The molecule has 0 saturated carbocycles. The number of hydrogen-bond acceptors (Lipinski definition) is 3. The van der Waals surface area contributed by atoms with Crippen LogP contribution in [0.2, 0.25) is 0 Å². The SMILES string of the molecule is Cc1ccc(NC(=O)/C(C#N)=C\c2cc(C)n(-c3ccccn3)c2C)cc1C. The number of amides is 1. The normalized spacial score (nSPS) is 11.2. The molecule has 3 aromatic rings. The third-order valence-corrected chi connectivity index (χ3v) is 4.78. The Hall–Kier alpha value is -3.65. The quantitative estimate of drug-likeness (QED) is 0.537. The van der Waals surface area contributed by atoms with E-state index in [9.17, 15) is 10.1 Å². The van der Waals surface area contributed by atoms with Crippen molar-refractivity contribution in [2.24, 2.45) is 0 Å². The lowest BCUT2D eigenvalue weighted by Crippen LogP contribution is -2.13. The van der Waals surface area contributed by atoms with Gasteiger partial charge in [0.1, 0.15) is 17.5 Å². The van der Waals surface area contributed by atoms with E-state index in [0.29, 0.717) is 5.69 Å². The van der Waals surface area contributed by atoms with Crippen LogP contribution in [0.25, 0.3) is 11.9 Å². The number of aromatic nitrogens is 2. The minimum absolute atomic E-state index is 0.0551. The molecule has 5 nitrogen and oxygen atoms in total. The third kappa shape index (κ3) is 3.86. The highest BCUT2D eigenvalue weighted by Crippen LogP contribution is 2.22. The van der Waals surface area contributed by atoms with Crippen LogP contribution >= 0.6 is 0 Å². The van der Waals surface area contributed by atoms with Crippen molar-refractivity contribution in [3.05, 3.63) is 82.3 Å². The Kier molecular flexibility index (Phi) is 5.42. The van der Waals surface area contributed by atoms with E-state index >= 15 is 0 Å². The molecule has 2 heterocycles. The zero-order valence-electron chi connectivity index (χ0n) is 16.4. The molecule has 0 saturated heterocycles. The first-order valence-corrected chi connectivity index (χ1v) is 9.01. The summed E-state index contributed by atoms with van der Waals surface area (Å²) in [6, 6.07) is 15.4. The predicted octanol–water partition coefficient (Wildman–Crippen LogP) is 4.65. The predicted molar refractivity (Wildman–Crippen MR) is 111 cm³/mol. The van der Waals surface area contributed by atoms with Crippen LogP contribution in [0.4, 0.5) is 5.69 Å². The molecule has 28 heavy (non-hydrogen) atoms. The smallest absolute Gasteiger partial charge is 0.266 e. The minimum atomic E-state index is -0.423. The van der Waals surface area contributed by atoms with Crippen molar-refractivity contribution in [3.63, 3.8) is 0 Å². The van der Waals surface area contributed by atoms with E-state index in [-0.39, 0.29) is 5.57 Å². The fraction of sp³-hybridized carbons (Fsp3) is 0.174. The summed E-state index contributed by atoms with van der Waals surface area (Å²) >= 11 is 0. The van der Waals surface area contributed by atoms with Gasteiger partial charge in [0, 0.05) is 23.3 Å². The van der Waals surface area contributed by atoms with Crippen LogP contribution in [0, 0.1) is 39.0 Å². The maximum atomic E-state index is 12.6. The van der Waals surface area contributed by atoms with E-state index < -0.39 is 5.91 Å². The number of aryl methyl sites for hydroxylation is 3. The van der Waals surface area contributed by atoms with Crippen molar-refractivity contribution < 1.29 is 4.79 Å². The van der Waals surface area contributed by atoms with Gasteiger partial charge in [-0.05, 0) is 80.8 Å². The molecule has 0 atom stereocenters. The average Bonchev–Trinajstić information content (AvgIpc) is 2.96. The van der Waals surface area contributed by atoms with Crippen molar-refractivity contribution in [3.8, 4) is 11.9 Å². The largest absolute Gasteiger partial charge is 0.321 e. The molecule has 3 rings (SSSR count). The number of nitrogens with one attached hydrogen (secondary N) is 1. The van der Waals surface area contributed by atoms with Gasteiger partial charge in [0.25, 0.3) is 5.91 Å². The summed E-state index contributed by atoms with van der Waals surface area (Å²) in [5.74, 6) is 0.378. The molecule has 0 spiro atoms. The highest BCUT2D eigenvalue weighted by atomic mass is 16.1. The van der Waals surface area contributed by atoms with E-state index in [1.807, 2.05) is 80.8 Å². The number of anilines is 1. The lowest BCUT2D eigenvalue weighted by molar-refractivity contribution is -0.112. The molecule has 1 N–H and O–H groups in total. The molecule has 0 unspecified atom stereocenters. The topological polar surface area (TPSA) is 70.7 Å². The Morgan fingerprint density at radius 3 is 2.54 bits per heavy atom. The second kappa shape index (κ2) is 7.93. The van der Waals surface area contributed by atoms with E-state index in [1.165, 1.54) is 0 Å². The van der Waals surface area contributed by atoms with Crippen LogP contribution in [-0.2, 0) is 4.79 Å². The van der Waals surface area contributed by atoms with Crippen LogP contribution in [0.5, 0.6) is 0 Å². The van der Waals surface area contributed by atoms with Crippen molar-refractivity contribution in [1.82, 2.24) is 9.55 Å². The fourth-order valence-electron chi connectivity index (χ4n) is 3.09. The van der Waals surface area contributed by atoms with Crippen molar-refractivity contribution in [1.29, 1.82) is 5.26 Å². The molecule has 0 aliphatic heterocycles. The monoisotopic (exact) mass is 370 g/mol. The summed E-state index contributed by atoms with van der Waals surface area (Å²) in [6.45, 7) is 7.92. The van der Waals surface area contributed by atoms with E-state index in [4.69, 9.17) is 0 Å². The van der Waals surface area contributed by atoms with Gasteiger partial charge < -0.3 is 9.88 Å². The molecular weight excluding hydrogens is 348 g/mol. The molecule has 0 aliphatic rings. The fourth-order valence-corrected chi connectivity index (χ4v) is 3.09. The number of pyridine rings is 1. The van der Waals surface area contributed by atoms with Gasteiger partial charge in [0.15, 0.2) is 0 Å².